The van der Waals surface area contributed by atoms with Crippen LogP contribution in [0.15, 0.2) is 0 Å². The molecule has 0 aromatic heterocycles. The van der Waals surface area contributed by atoms with E-state index in [0.717, 1.165) is 24.7 Å². The lowest BCUT2D eigenvalue weighted by Gasteiger charge is -2.65. The fourth-order valence-electron chi connectivity index (χ4n) is 8.82. The van der Waals surface area contributed by atoms with Gasteiger partial charge in [0, 0.05) is 0 Å². The van der Waals surface area contributed by atoms with E-state index in [0.29, 0.717) is 23.2 Å². The summed E-state index contributed by atoms with van der Waals surface area (Å²) < 4.78 is 0. The van der Waals surface area contributed by atoms with E-state index in [4.69, 9.17) is 0 Å². The lowest BCUT2D eigenvalue weighted by molar-refractivity contribution is -0.209. The molecule has 23 heavy (non-hydrogen) atoms. The van der Waals surface area contributed by atoms with Gasteiger partial charge in [0.15, 0.2) is 0 Å². The number of aliphatic carboxylic acids is 1. The summed E-state index contributed by atoms with van der Waals surface area (Å²) in [6.07, 6.45) is 7.33. The number of carboxylic acids is 1. The van der Waals surface area contributed by atoms with E-state index in [9.17, 15) is 15.0 Å². The molecule has 0 amide bonds. The lowest BCUT2D eigenvalue weighted by atomic mass is 9.39. The number of aliphatic hydroxyl groups excluding tert-OH is 1. The van der Waals surface area contributed by atoms with Crippen LogP contribution in [0.25, 0.3) is 0 Å². The van der Waals surface area contributed by atoms with E-state index >= 15 is 0 Å². The van der Waals surface area contributed by atoms with E-state index in [1.54, 1.807) is 0 Å². The Morgan fingerprint density at radius 3 is 2.35 bits per heavy atom. The maximum Gasteiger partial charge on any atom is 0.312 e. The normalized spacial score (nSPS) is 65.7. The number of carbonyl (C=O) groups is 1. The van der Waals surface area contributed by atoms with Crippen molar-refractivity contribution in [1.82, 2.24) is 0 Å². The fraction of sp³-hybridized carbons (Fsp3) is 0.950. The summed E-state index contributed by atoms with van der Waals surface area (Å²) in [7, 11) is 0. The first-order valence-electron chi connectivity index (χ1n) is 9.60. The molecule has 0 aromatic rings. The van der Waals surface area contributed by atoms with Crippen LogP contribution in [0.2, 0.25) is 0 Å². The molecule has 4 bridgehead atoms. The van der Waals surface area contributed by atoms with Crippen LogP contribution >= 0.6 is 0 Å². The monoisotopic (exact) mass is 318 g/mol. The first-order chi connectivity index (χ1) is 10.7. The van der Waals surface area contributed by atoms with Gasteiger partial charge in [-0.05, 0) is 91.8 Å². The van der Waals surface area contributed by atoms with Crippen molar-refractivity contribution >= 4 is 5.97 Å². The maximum atomic E-state index is 12.1. The molecule has 0 unspecified atom stereocenters. The first-order valence-corrected chi connectivity index (χ1v) is 9.60. The maximum absolute atomic E-state index is 12.1. The van der Waals surface area contributed by atoms with Crippen LogP contribution in [0.1, 0.15) is 65.7 Å². The average molecular weight is 318 g/mol. The van der Waals surface area contributed by atoms with Gasteiger partial charge in [0.05, 0.1) is 11.5 Å². The number of hydrogen-bond donors (Lipinski definition) is 2. The van der Waals surface area contributed by atoms with Gasteiger partial charge >= 0.3 is 5.97 Å². The molecular formula is C20H30O3. The van der Waals surface area contributed by atoms with Crippen LogP contribution in [0.4, 0.5) is 0 Å². The number of rotatable bonds is 1. The van der Waals surface area contributed by atoms with E-state index in [2.05, 4.69) is 13.8 Å². The molecule has 6 fully saturated rings. The standard InChI is InChI=1S/C20H30O3/c1-17-6-5-15(21)19(3,16(22)23)13(17)4-7-20-9-12-11(8-14(17)20)18(12,2)10-20/h11-15,21H,4-10H2,1-3H3,(H,22,23)/t11-,12+,13+,14+,15+,17-,18-,19-,20+/m1/s1. The van der Waals surface area contributed by atoms with Crippen molar-refractivity contribution in [2.45, 2.75) is 71.8 Å². The van der Waals surface area contributed by atoms with Gasteiger partial charge in [0.2, 0.25) is 0 Å². The summed E-state index contributed by atoms with van der Waals surface area (Å²) in [4.78, 5) is 12.1. The summed E-state index contributed by atoms with van der Waals surface area (Å²) in [6, 6.07) is 0. The second kappa shape index (κ2) is 3.81. The minimum Gasteiger partial charge on any atom is -0.481 e. The van der Waals surface area contributed by atoms with Gasteiger partial charge in [-0.15, -0.1) is 0 Å². The van der Waals surface area contributed by atoms with Crippen molar-refractivity contribution < 1.29 is 15.0 Å². The lowest BCUT2D eigenvalue weighted by Crippen LogP contribution is -2.63. The molecule has 3 heteroatoms. The van der Waals surface area contributed by atoms with E-state index < -0.39 is 17.5 Å². The Kier molecular flexibility index (Phi) is 2.45. The third kappa shape index (κ3) is 1.38. The molecule has 0 saturated heterocycles. The smallest absolute Gasteiger partial charge is 0.312 e. The second-order valence-corrected chi connectivity index (χ2v) is 10.5. The summed E-state index contributed by atoms with van der Waals surface area (Å²) in [6.45, 7) is 6.72. The Hall–Kier alpha value is -0.570. The van der Waals surface area contributed by atoms with Gasteiger partial charge < -0.3 is 10.2 Å². The molecule has 6 rings (SSSR count). The molecule has 0 heterocycles. The Morgan fingerprint density at radius 1 is 1.00 bits per heavy atom. The van der Waals surface area contributed by atoms with Gasteiger partial charge in [-0.1, -0.05) is 13.8 Å². The molecule has 6 saturated carbocycles. The third-order valence-electron chi connectivity index (χ3n) is 10.0. The van der Waals surface area contributed by atoms with Crippen molar-refractivity contribution in [1.29, 1.82) is 0 Å². The number of hydrogen-bond acceptors (Lipinski definition) is 2. The largest absolute Gasteiger partial charge is 0.481 e. The van der Waals surface area contributed by atoms with Crippen molar-refractivity contribution in [2.24, 2.45) is 45.3 Å². The summed E-state index contributed by atoms with van der Waals surface area (Å²) >= 11 is 0. The predicted octanol–water partition coefficient (Wildman–Crippen LogP) is 3.70. The van der Waals surface area contributed by atoms with Gasteiger partial charge in [-0.25, -0.2) is 0 Å². The molecule has 2 N–H and O–H groups in total. The molecule has 1 spiro atoms. The summed E-state index contributed by atoms with van der Waals surface area (Å²) in [5.41, 5.74) is 0.284. The fourth-order valence-corrected chi connectivity index (χ4v) is 8.82. The SMILES string of the molecule is C[C@@]12CC[C@H](O)[C@](C)(C(=O)O)[C@H]1CC[C@@]13C[C@H]4[C@@H](C[C@H]12)[C@@]4(C)C3. The molecular weight excluding hydrogens is 288 g/mol. The average Bonchev–Trinajstić information content (AvgIpc) is 2.94. The number of fused-ring (bicyclic) bond motifs is 1. The van der Waals surface area contributed by atoms with E-state index in [1.807, 2.05) is 6.92 Å². The number of carboxylic acid groups (broad SMARTS) is 1. The van der Waals surface area contributed by atoms with Crippen molar-refractivity contribution in [3.8, 4) is 0 Å². The predicted molar refractivity (Wildman–Crippen MR) is 86.7 cm³/mol. The molecule has 3 nitrogen and oxygen atoms in total. The number of aliphatic hydroxyl groups is 1. The third-order valence-corrected chi connectivity index (χ3v) is 10.0. The van der Waals surface area contributed by atoms with Gasteiger partial charge in [-0.3, -0.25) is 4.79 Å². The molecule has 0 aliphatic heterocycles. The van der Waals surface area contributed by atoms with E-state index in [-0.39, 0.29) is 11.3 Å². The van der Waals surface area contributed by atoms with Crippen molar-refractivity contribution in [2.75, 3.05) is 0 Å². The highest BCUT2D eigenvalue weighted by atomic mass is 16.4. The van der Waals surface area contributed by atoms with Crippen LogP contribution in [-0.2, 0) is 4.79 Å². The molecule has 6 aliphatic carbocycles. The van der Waals surface area contributed by atoms with E-state index in [1.165, 1.54) is 25.7 Å². The molecule has 0 aromatic carbocycles. The van der Waals surface area contributed by atoms with Gasteiger partial charge in [0.1, 0.15) is 0 Å². The first kappa shape index (κ1) is 14.7. The zero-order valence-electron chi connectivity index (χ0n) is 14.6. The van der Waals surface area contributed by atoms with Crippen molar-refractivity contribution in [3.63, 3.8) is 0 Å². The Bertz CT molecular complexity index is 602. The minimum absolute atomic E-state index is 0.111. The minimum atomic E-state index is -0.956. The topological polar surface area (TPSA) is 57.5 Å². The molecule has 0 radical (unpaired) electrons. The summed E-state index contributed by atoms with van der Waals surface area (Å²) in [5, 5.41) is 20.5. The molecule has 128 valence electrons. The van der Waals surface area contributed by atoms with Crippen LogP contribution in [0, 0.1) is 45.3 Å². The highest BCUT2D eigenvalue weighted by Gasteiger charge is 2.79. The Labute approximate surface area is 138 Å². The van der Waals surface area contributed by atoms with Crippen LogP contribution in [-0.4, -0.2) is 22.3 Å². The van der Waals surface area contributed by atoms with Crippen LogP contribution in [0.3, 0.4) is 0 Å². The van der Waals surface area contributed by atoms with Gasteiger partial charge in [-0.2, -0.15) is 0 Å². The highest BCUT2D eigenvalue weighted by Crippen LogP contribution is 2.85. The van der Waals surface area contributed by atoms with Crippen LogP contribution < -0.4 is 0 Å². The Morgan fingerprint density at radius 2 is 1.74 bits per heavy atom. The van der Waals surface area contributed by atoms with Crippen LogP contribution in [0.5, 0.6) is 0 Å². The molecule has 6 aliphatic rings. The molecule has 9 atom stereocenters. The quantitative estimate of drug-likeness (QED) is 0.775. The second-order valence-electron chi connectivity index (χ2n) is 10.5. The van der Waals surface area contributed by atoms with Gasteiger partial charge in [0.25, 0.3) is 0 Å². The zero-order chi connectivity index (χ0) is 16.4. The summed E-state index contributed by atoms with van der Waals surface area (Å²) in [5.74, 6) is 1.92. The van der Waals surface area contributed by atoms with Crippen molar-refractivity contribution in [3.05, 3.63) is 0 Å². The Balaban J connectivity index is 1.57. The zero-order valence-corrected chi connectivity index (χ0v) is 14.6. The highest BCUT2D eigenvalue weighted by molar-refractivity contribution is 5.76.